The van der Waals surface area contributed by atoms with E-state index in [1.54, 1.807) is 0 Å². The zero-order valence-corrected chi connectivity index (χ0v) is 11.4. The monoisotopic (exact) mass is 266 g/mol. The van der Waals surface area contributed by atoms with Gasteiger partial charge in [-0.25, -0.2) is 0 Å². The molecule has 0 bridgehead atoms. The van der Waals surface area contributed by atoms with Gasteiger partial charge in [0, 0.05) is 0 Å². The quantitative estimate of drug-likeness (QED) is 0.467. The molecule has 0 amide bonds. The normalized spacial score (nSPS) is 17.2. The highest BCUT2D eigenvalue weighted by Crippen LogP contribution is 2.43. The Bertz CT molecular complexity index is 238. The van der Waals surface area contributed by atoms with Crippen molar-refractivity contribution in [3.63, 3.8) is 0 Å². The number of hydrogen-bond donors (Lipinski definition) is 1. The fraction of sp³-hybridized carbons (Fsp3) is 0.857. The van der Waals surface area contributed by atoms with Crippen LogP contribution in [-0.4, -0.2) is 17.4 Å². The summed E-state index contributed by atoms with van der Waals surface area (Å²) in [6.45, 7) is 6.32. The molecule has 0 aromatic rings. The Morgan fingerprint density at radius 2 is 1.61 bits per heavy atom. The SMILES string of the molecule is C=CC(C)(C(O)CCCCCCCC)C(F)(F)F. The summed E-state index contributed by atoms with van der Waals surface area (Å²) >= 11 is 0. The molecule has 0 saturated carbocycles. The lowest BCUT2D eigenvalue weighted by Crippen LogP contribution is -2.43. The van der Waals surface area contributed by atoms with Crippen LogP contribution in [0.25, 0.3) is 0 Å². The van der Waals surface area contributed by atoms with Gasteiger partial charge in [0.2, 0.25) is 0 Å². The highest BCUT2D eigenvalue weighted by molar-refractivity contribution is 5.01. The molecule has 2 atom stereocenters. The van der Waals surface area contributed by atoms with Gasteiger partial charge >= 0.3 is 6.18 Å². The van der Waals surface area contributed by atoms with Crippen molar-refractivity contribution in [3.8, 4) is 0 Å². The first-order valence-electron chi connectivity index (χ1n) is 6.68. The van der Waals surface area contributed by atoms with E-state index in [2.05, 4.69) is 13.5 Å². The Morgan fingerprint density at radius 3 is 2.06 bits per heavy atom. The van der Waals surface area contributed by atoms with Crippen molar-refractivity contribution < 1.29 is 18.3 Å². The Labute approximate surface area is 108 Å². The maximum absolute atomic E-state index is 12.8. The molecule has 0 aromatic heterocycles. The zero-order chi connectivity index (χ0) is 14.2. The molecular formula is C14H25F3O. The molecule has 0 fully saturated rings. The summed E-state index contributed by atoms with van der Waals surface area (Å²) in [4.78, 5) is 0. The van der Waals surface area contributed by atoms with Gasteiger partial charge in [0.1, 0.15) is 5.41 Å². The Kier molecular flexibility index (Phi) is 7.60. The van der Waals surface area contributed by atoms with E-state index in [1.165, 1.54) is 0 Å². The summed E-state index contributed by atoms with van der Waals surface area (Å²) in [6.07, 6.45) is 1.09. The second kappa shape index (κ2) is 7.82. The van der Waals surface area contributed by atoms with E-state index in [9.17, 15) is 18.3 Å². The number of unbranched alkanes of at least 4 members (excludes halogenated alkanes) is 5. The van der Waals surface area contributed by atoms with Gasteiger partial charge in [-0.1, -0.05) is 51.5 Å². The number of halogens is 3. The van der Waals surface area contributed by atoms with Crippen molar-refractivity contribution in [2.75, 3.05) is 0 Å². The van der Waals surface area contributed by atoms with Crippen LogP contribution in [-0.2, 0) is 0 Å². The van der Waals surface area contributed by atoms with Crippen molar-refractivity contribution in [1.82, 2.24) is 0 Å². The van der Waals surface area contributed by atoms with Gasteiger partial charge in [-0.15, -0.1) is 6.58 Å². The molecule has 4 heteroatoms. The lowest BCUT2D eigenvalue weighted by Gasteiger charge is -2.33. The minimum Gasteiger partial charge on any atom is -0.392 e. The smallest absolute Gasteiger partial charge is 0.392 e. The average molecular weight is 266 g/mol. The van der Waals surface area contributed by atoms with E-state index >= 15 is 0 Å². The third-order valence-electron chi connectivity index (χ3n) is 3.56. The molecule has 0 aliphatic carbocycles. The summed E-state index contributed by atoms with van der Waals surface area (Å²) < 4.78 is 38.4. The zero-order valence-electron chi connectivity index (χ0n) is 11.4. The maximum atomic E-state index is 12.8. The van der Waals surface area contributed by atoms with Gasteiger partial charge in [0.15, 0.2) is 0 Å². The van der Waals surface area contributed by atoms with E-state index in [0.717, 1.165) is 45.1 Å². The molecule has 0 radical (unpaired) electrons. The largest absolute Gasteiger partial charge is 0.400 e. The molecule has 1 N–H and O–H groups in total. The topological polar surface area (TPSA) is 20.2 Å². The molecule has 0 rings (SSSR count). The first-order valence-corrected chi connectivity index (χ1v) is 6.68. The Balaban J connectivity index is 4.07. The number of aliphatic hydroxyl groups is 1. The molecule has 0 aliphatic rings. The van der Waals surface area contributed by atoms with Crippen LogP contribution < -0.4 is 0 Å². The van der Waals surface area contributed by atoms with E-state index in [-0.39, 0.29) is 6.42 Å². The molecular weight excluding hydrogens is 241 g/mol. The lowest BCUT2D eigenvalue weighted by molar-refractivity contribution is -0.229. The number of alkyl halides is 3. The van der Waals surface area contributed by atoms with Crippen LogP contribution in [0.4, 0.5) is 13.2 Å². The van der Waals surface area contributed by atoms with Crippen molar-refractivity contribution in [2.24, 2.45) is 5.41 Å². The van der Waals surface area contributed by atoms with Gasteiger partial charge in [-0.2, -0.15) is 13.2 Å². The second-order valence-electron chi connectivity index (χ2n) is 5.06. The molecule has 0 heterocycles. The fourth-order valence-electron chi connectivity index (χ4n) is 1.86. The highest BCUT2D eigenvalue weighted by atomic mass is 19.4. The molecule has 18 heavy (non-hydrogen) atoms. The first kappa shape index (κ1) is 17.5. The van der Waals surface area contributed by atoms with Crippen molar-refractivity contribution in [3.05, 3.63) is 12.7 Å². The third-order valence-corrected chi connectivity index (χ3v) is 3.56. The summed E-state index contributed by atoms with van der Waals surface area (Å²) in [5.74, 6) is 0. The van der Waals surface area contributed by atoms with E-state index in [4.69, 9.17) is 0 Å². The van der Waals surface area contributed by atoms with Gasteiger partial charge in [0.05, 0.1) is 6.10 Å². The van der Waals surface area contributed by atoms with Gasteiger partial charge in [-0.05, 0) is 13.3 Å². The summed E-state index contributed by atoms with van der Waals surface area (Å²) in [6, 6.07) is 0. The molecule has 0 saturated heterocycles. The van der Waals surface area contributed by atoms with Crippen LogP contribution in [0, 0.1) is 5.41 Å². The van der Waals surface area contributed by atoms with Crippen molar-refractivity contribution in [2.45, 2.75) is 71.1 Å². The molecule has 0 spiro atoms. The maximum Gasteiger partial charge on any atom is 0.400 e. The van der Waals surface area contributed by atoms with Crippen LogP contribution in [0.5, 0.6) is 0 Å². The molecule has 0 aliphatic heterocycles. The number of hydrogen-bond acceptors (Lipinski definition) is 1. The molecule has 108 valence electrons. The predicted octanol–water partition coefficient (Wildman–Crippen LogP) is 4.85. The van der Waals surface area contributed by atoms with Crippen LogP contribution >= 0.6 is 0 Å². The number of rotatable bonds is 9. The standard InChI is InChI=1S/C14H25F3O/c1-4-6-7-8-9-10-11-12(18)13(3,5-2)14(15,16)17/h5,12,18H,2,4,6-11H2,1,3H3. The van der Waals surface area contributed by atoms with E-state index in [0.29, 0.717) is 6.42 Å². The van der Waals surface area contributed by atoms with Crippen LogP contribution in [0.15, 0.2) is 12.7 Å². The molecule has 1 nitrogen and oxygen atoms in total. The summed E-state index contributed by atoms with van der Waals surface area (Å²) in [5, 5.41) is 9.72. The average Bonchev–Trinajstić information content (AvgIpc) is 2.30. The lowest BCUT2D eigenvalue weighted by atomic mass is 9.81. The van der Waals surface area contributed by atoms with Crippen molar-refractivity contribution >= 4 is 0 Å². The van der Waals surface area contributed by atoms with E-state index < -0.39 is 17.7 Å². The Hall–Kier alpha value is -0.510. The predicted molar refractivity (Wildman–Crippen MR) is 68.4 cm³/mol. The molecule has 0 aromatic carbocycles. The van der Waals surface area contributed by atoms with Gasteiger partial charge < -0.3 is 5.11 Å². The second-order valence-corrected chi connectivity index (χ2v) is 5.06. The number of aliphatic hydroxyl groups excluding tert-OH is 1. The van der Waals surface area contributed by atoms with Crippen LogP contribution in [0.1, 0.15) is 58.8 Å². The first-order chi connectivity index (χ1) is 8.29. The summed E-state index contributed by atoms with van der Waals surface area (Å²) in [7, 11) is 0. The van der Waals surface area contributed by atoms with Gasteiger partial charge in [0.25, 0.3) is 0 Å². The van der Waals surface area contributed by atoms with Gasteiger partial charge in [-0.3, -0.25) is 0 Å². The van der Waals surface area contributed by atoms with Crippen LogP contribution in [0.2, 0.25) is 0 Å². The van der Waals surface area contributed by atoms with E-state index in [1.807, 2.05) is 0 Å². The molecule has 2 unspecified atom stereocenters. The third kappa shape index (κ3) is 5.01. The minimum atomic E-state index is -4.45. The summed E-state index contributed by atoms with van der Waals surface area (Å²) in [5.41, 5.74) is -2.20. The van der Waals surface area contributed by atoms with Crippen molar-refractivity contribution in [1.29, 1.82) is 0 Å². The minimum absolute atomic E-state index is 0.175. The highest BCUT2D eigenvalue weighted by Gasteiger charge is 2.53. The Morgan fingerprint density at radius 1 is 1.11 bits per heavy atom. The van der Waals surface area contributed by atoms with Crippen LogP contribution in [0.3, 0.4) is 0 Å². The fourth-order valence-corrected chi connectivity index (χ4v) is 1.86.